The van der Waals surface area contributed by atoms with Crippen LogP contribution in [0.5, 0.6) is 11.5 Å². The second kappa shape index (κ2) is 6.41. The maximum atomic E-state index is 5.73. The minimum atomic E-state index is 0.350. The van der Waals surface area contributed by atoms with Crippen molar-refractivity contribution < 1.29 is 9.47 Å². The van der Waals surface area contributed by atoms with Crippen LogP contribution in [-0.4, -0.2) is 38.3 Å². The van der Waals surface area contributed by atoms with Gasteiger partial charge in [0.05, 0.1) is 25.6 Å². The predicted octanol–water partition coefficient (Wildman–Crippen LogP) is 1.69. The molecule has 0 aliphatic carbocycles. The van der Waals surface area contributed by atoms with Crippen molar-refractivity contribution in [3.8, 4) is 22.8 Å². The van der Waals surface area contributed by atoms with Crippen molar-refractivity contribution in [3.63, 3.8) is 0 Å². The highest BCUT2D eigenvalue weighted by Crippen LogP contribution is 2.33. The molecule has 2 aromatic rings. The Hall–Kier alpha value is -2.34. The summed E-state index contributed by atoms with van der Waals surface area (Å²) in [4.78, 5) is 10.8. The van der Waals surface area contributed by atoms with E-state index < -0.39 is 0 Å². The van der Waals surface area contributed by atoms with Crippen LogP contribution < -0.4 is 20.1 Å². The number of anilines is 1. The summed E-state index contributed by atoms with van der Waals surface area (Å²) in [6.45, 7) is 0.350. The van der Waals surface area contributed by atoms with Gasteiger partial charge in [-0.15, -0.1) is 0 Å². The molecule has 0 saturated carbocycles. The van der Waals surface area contributed by atoms with E-state index in [1.807, 2.05) is 43.3 Å². The quantitative estimate of drug-likeness (QED) is 0.902. The molecule has 1 aromatic carbocycles. The van der Waals surface area contributed by atoms with Crippen molar-refractivity contribution in [2.24, 2.45) is 5.73 Å². The summed E-state index contributed by atoms with van der Waals surface area (Å²) in [5.41, 5.74) is 8.10. The van der Waals surface area contributed by atoms with E-state index in [2.05, 4.69) is 9.97 Å². The highest BCUT2D eigenvalue weighted by molar-refractivity contribution is 5.70. The number of nitrogens with two attached hydrogens (primary N) is 1. The summed E-state index contributed by atoms with van der Waals surface area (Å²) in [6, 6.07) is 7.46. The van der Waals surface area contributed by atoms with Crippen molar-refractivity contribution in [2.45, 2.75) is 6.54 Å². The Morgan fingerprint density at radius 3 is 2.43 bits per heavy atom. The molecule has 0 spiro atoms. The van der Waals surface area contributed by atoms with Crippen LogP contribution in [0.4, 0.5) is 5.95 Å². The Morgan fingerprint density at radius 1 is 1.10 bits per heavy atom. The van der Waals surface area contributed by atoms with Crippen LogP contribution >= 0.6 is 0 Å². The molecule has 6 nitrogen and oxygen atoms in total. The molecule has 6 heteroatoms. The summed E-state index contributed by atoms with van der Waals surface area (Å²) >= 11 is 0. The first kappa shape index (κ1) is 15.1. The van der Waals surface area contributed by atoms with E-state index in [0.29, 0.717) is 12.5 Å². The predicted molar refractivity (Wildman–Crippen MR) is 82.8 cm³/mol. The minimum Gasteiger partial charge on any atom is -0.497 e. The molecular weight excluding hydrogens is 268 g/mol. The van der Waals surface area contributed by atoms with Crippen molar-refractivity contribution in [1.82, 2.24) is 9.97 Å². The summed E-state index contributed by atoms with van der Waals surface area (Å²) in [5, 5.41) is 0. The smallest absolute Gasteiger partial charge is 0.225 e. The Labute approximate surface area is 124 Å². The fourth-order valence-corrected chi connectivity index (χ4v) is 1.94. The Balaban J connectivity index is 2.62. The van der Waals surface area contributed by atoms with Crippen LogP contribution in [0.2, 0.25) is 0 Å². The highest BCUT2D eigenvalue weighted by Gasteiger charge is 2.13. The lowest BCUT2D eigenvalue weighted by atomic mass is 10.1. The molecular formula is C15H20N4O2. The van der Waals surface area contributed by atoms with Gasteiger partial charge in [-0.1, -0.05) is 0 Å². The highest BCUT2D eigenvalue weighted by atomic mass is 16.5. The Morgan fingerprint density at radius 2 is 1.86 bits per heavy atom. The summed E-state index contributed by atoms with van der Waals surface area (Å²) < 4.78 is 10.7. The zero-order chi connectivity index (χ0) is 15.4. The summed E-state index contributed by atoms with van der Waals surface area (Å²) in [5.74, 6) is 2.07. The SMILES string of the molecule is COc1ccc(OC)c(-c2cc(CN)nc(N(C)C)n2)c1. The normalized spacial score (nSPS) is 10.3. The number of benzene rings is 1. The number of ether oxygens (including phenoxy) is 2. The van der Waals surface area contributed by atoms with Crippen LogP contribution in [0.25, 0.3) is 11.3 Å². The lowest BCUT2D eigenvalue weighted by Crippen LogP contribution is -2.15. The summed E-state index contributed by atoms with van der Waals surface area (Å²) in [6.07, 6.45) is 0. The first-order valence-corrected chi connectivity index (χ1v) is 6.56. The lowest BCUT2D eigenvalue weighted by molar-refractivity contribution is 0.404. The molecule has 0 saturated heterocycles. The van der Waals surface area contributed by atoms with Crippen LogP contribution in [0.1, 0.15) is 5.69 Å². The Kier molecular flexibility index (Phi) is 4.59. The third-order valence-electron chi connectivity index (χ3n) is 3.06. The van der Waals surface area contributed by atoms with Crippen LogP contribution in [0, 0.1) is 0 Å². The molecule has 0 unspecified atom stereocenters. The van der Waals surface area contributed by atoms with Gasteiger partial charge in [0.15, 0.2) is 0 Å². The summed E-state index contributed by atoms with van der Waals surface area (Å²) in [7, 11) is 7.04. The fourth-order valence-electron chi connectivity index (χ4n) is 1.94. The first-order valence-electron chi connectivity index (χ1n) is 6.56. The van der Waals surface area contributed by atoms with Crippen LogP contribution in [0.3, 0.4) is 0 Å². The molecule has 1 heterocycles. The van der Waals surface area contributed by atoms with E-state index in [1.165, 1.54) is 0 Å². The maximum Gasteiger partial charge on any atom is 0.225 e. The molecule has 0 bridgehead atoms. The number of hydrogen-bond acceptors (Lipinski definition) is 6. The largest absolute Gasteiger partial charge is 0.497 e. The fraction of sp³-hybridized carbons (Fsp3) is 0.333. The van der Waals surface area contributed by atoms with Gasteiger partial charge < -0.3 is 20.1 Å². The number of nitrogens with zero attached hydrogens (tertiary/aromatic N) is 3. The molecule has 0 atom stereocenters. The third kappa shape index (κ3) is 3.22. The van der Waals surface area contributed by atoms with Crippen molar-refractivity contribution in [3.05, 3.63) is 30.0 Å². The van der Waals surface area contributed by atoms with Crippen molar-refractivity contribution in [2.75, 3.05) is 33.2 Å². The molecule has 0 aliphatic heterocycles. The average Bonchev–Trinajstić information content (AvgIpc) is 2.53. The van der Waals surface area contributed by atoms with Gasteiger partial charge in [-0.2, -0.15) is 0 Å². The Bertz CT molecular complexity index is 629. The van der Waals surface area contributed by atoms with Crippen molar-refractivity contribution in [1.29, 1.82) is 0 Å². The van der Waals surface area contributed by atoms with E-state index >= 15 is 0 Å². The average molecular weight is 288 g/mol. The van der Waals surface area contributed by atoms with E-state index in [9.17, 15) is 0 Å². The maximum absolute atomic E-state index is 5.73. The van der Waals surface area contributed by atoms with E-state index in [-0.39, 0.29) is 0 Å². The third-order valence-corrected chi connectivity index (χ3v) is 3.06. The standard InChI is InChI=1S/C15H20N4O2/c1-19(2)15-17-10(9-16)7-13(18-15)12-8-11(20-3)5-6-14(12)21-4/h5-8H,9,16H2,1-4H3. The van der Waals surface area contributed by atoms with Gasteiger partial charge in [0.2, 0.25) is 5.95 Å². The van der Waals surface area contributed by atoms with Gasteiger partial charge in [0.25, 0.3) is 0 Å². The lowest BCUT2D eigenvalue weighted by Gasteiger charge is -2.15. The number of methoxy groups -OCH3 is 2. The molecule has 112 valence electrons. The topological polar surface area (TPSA) is 73.5 Å². The van der Waals surface area contributed by atoms with Gasteiger partial charge in [-0.05, 0) is 24.3 Å². The molecule has 21 heavy (non-hydrogen) atoms. The number of aromatic nitrogens is 2. The number of rotatable bonds is 5. The van der Waals surface area contributed by atoms with Crippen molar-refractivity contribution >= 4 is 5.95 Å². The number of hydrogen-bond donors (Lipinski definition) is 1. The van der Waals surface area contributed by atoms with E-state index in [0.717, 1.165) is 28.5 Å². The van der Waals surface area contributed by atoms with Crippen LogP contribution in [-0.2, 0) is 6.54 Å². The van der Waals surface area contributed by atoms with Crippen LogP contribution in [0.15, 0.2) is 24.3 Å². The van der Waals surface area contributed by atoms with Gasteiger partial charge >= 0.3 is 0 Å². The van der Waals surface area contributed by atoms with Gasteiger partial charge in [0, 0.05) is 26.2 Å². The molecule has 0 aliphatic rings. The first-order chi connectivity index (χ1) is 10.1. The molecule has 2 rings (SSSR count). The molecule has 0 amide bonds. The monoisotopic (exact) mass is 288 g/mol. The zero-order valence-corrected chi connectivity index (χ0v) is 12.8. The second-order valence-corrected chi connectivity index (χ2v) is 4.71. The molecule has 2 N–H and O–H groups in total. The second-order valence-electron chi connectivity index (χ2n) is 4.71. The van der Waals surface area contributed by atoms with E-state index in [1.54, 1.807) is 14.2 Å². The van der Waals surface area contributed by atoms with Gasteiger partial charge in [-0.25, -0.2) is 9.97 Å². The molecule has 1 aromatic heterocycles. The van der Waals surface area contributed by atoms with Gasteiger partial charge in [-0.3, -0.25) is 0 Å². The minimum absolute atomic E-state index is 0.350. The van der Waals surface area contributed by atoms with E-state index in [4.69, 9.17) is 15.2 Å². The zero-order valence-electron chi connectivity index (χ0n) is 12.8. The molecule has 0 fully saturated rings. The van der Waals surface area contributed by atoms with Gasteiger partial charge in [0.1, 0.15) is 11.5 Å². The molecule has 0 radical (unpaired) electrons.